The molecule has 0 bridgehead atoms. The summed E-state index contributed by atoms with van der Waals surface area (Å²) < 4.78 is 1.59. The highest BCUT2D eigenvalue weighted by atomic mass is 35.5. The van der Waals surface area contributed by atoms with Crippen LogP contribution in [0.15, 0.2) is 12.7 Å². The van der Waals surface area contributed by atoms with Crippen LogP contribution < -0.4 is 0 Å². The first kappa shape index (κ1) is 11.0. The second-order valence-corrected chi connectivity index (χ2v) is 4.17. The molecule has 0 radical (unpaired) electrons. The molecule has 6 heteroatoms. The Balaban J connectivity index is 2.60. The second kappa shape index (κ2) is 4.17. The fourth-order valence-electron chi connectivity index (χ4n) is 1.29. The van der Waals surface area contributed by atoms with Crippen LogP contribution in [0.5, 0.6) is 0 Å². The van der Waals surface area contributed by atoms with Crippen molar-refractivity contribution in [3.8, 4) is 5.82 Å². The maximum atomic E-state index is 6.07. The Morgan fingerprint density at radius 1 is 1.31 bits per heavy atom. The molecule has 2 aromatic heterocycles. The van der Waals surface area contributed by atoms with Crippen molar-refractivity contribution in [3.05, 3.63) is 29.2 Å². The zero-order chi connectivity index (χ0) is 11.7. The van der Waals surface area contributed by atoms with Crippen LogP contribution in [0.4, 0.5) is 0 Å². The van der Waals surface area contributed by atoms with Crippen LogP contribution in [0.3, 0.4) is 0 Å². The first-order valence-corrected chi connectivity index (χ1v) is 5.36. The molecular weight excluding hydrogens is 226 g/mol. The van der Waals surface area contributed by atoms with Crippen molar-refractivity contribution in [2.75, 3.05) is 0 Å². The van der Waals surface area contributed by atoms with Crippen molar-refractivity contribution in [2.24, 2.45) is 0 Å². The molecule has 0 N–H and O–H groups in total. The number of hydrogen-bond acceptors (Lipinski definition) is 4. The molecule has 0 atom stereocenters. The number of hydrogen-bond donors (Lipinski definition) is 0. The average molecular weight is 238 g/mol. The normalized spacial score (nSPS) is 11.1. The van der Waals surface area contributed by atoms with E-state index in [4.69, 9.17) is 11.6 Å². The summed E-state index contributed by atoms with van der Waals surface area (Å²) in [6, 6.07) is 0. The van der Waals surface area contributed by atoms with Crippen LogP contribution >= 0.6 is 11.6 Å². The number of halogens is 1. The maximum absolute atomic E-state index is 6.07. The minimum absolute atomic E-state index is 0.223. The number of rotatable bonds is 2. The summed E-state index contributed by atoms with van der Waals surface area (Å²) in [4.78, 5) is 12.6. The molecule has 2 rings (SSSR count). The van der Waals surface area contributed by atoms with Crippen LogP contribution in [0, 0.1) is 6.92 Å². The third-order valence-electron chi connectivity index (χ3n) is 2.23. The topological polar surface area (TPSA) is 56.5 Å². The Morgan fingerprint density at radius 2 is 2.06 bits per heavy atom. The van der Waals surface area contributed by atoms with E-state index in [0.29, 0.717) is 16.8 Å². The van der Waals surface area contributed by atoms with Crippen molar-refractivity contribution < 1.29 is 0 Å². The van der Waals surface area contributed by atoms with E-state index in [1.165, 1.54) is 6.33 Å². The highest BCUT2D eigenvalue weighted by Crippen LogP contribution is 2.21. The van der Waals surface area contributed by atoms with Gasteiger partial charge in [0.05, 0.1) is 0 Å². The van der Waals surface area contributed by atoms with Crippen LogP contribution in [0.1, 0.15) is 31.2 Å². The summed E-state index contributed by atoms with van der Waals surface area (Å²) in [6.45, 7) is 5.90. The van der Waals surface area contributed by atoms with E-state index in [0.717, 1.165) is 5.56 Å². The van der Waals surface area contributed by atoms with E-state index in [9.17, 15) is 0 Å². The number of aromatic nitrogens is 5. The van der Waals surface area contributed by atoms with Crippen molar-refractivity contribution in [1.29, 1.82) is 0 Å². The Labute approximate surface area is 98.5 Å². The van der Waals surface area contributed by atoms with Gasteiger partial charge in [-0.1, -0.05) is 25.4 Å². The van der Waals surface area contributed by atoms with Gasteiger partial charge in [-0.05, 0) is 6.92 Å². The SMILES string of the molecule is Cc1c(Cl)nc(C(C)C)nc1-n1cncn1. The molecule has 0 amide bonds. The minimum Gasteiger partial charge on any atom is -0.223 e. The van der Waals surface area contributed by atoms with Crippen molar-refractivity contribution in [3.63, 3.8) is 0 Å². The highest BCUT2D eigenvalue weighted by Gasteiger charge is 2.13. The number of nitrogens with zero attached hydrogens (tertiary/aromatic N) is 5. The van der Waals surface area contributed by atoms with Crippen LogP contribution in [-0.4, -0.2) is 24.7 Å². The second-order valence-electron chi connectivity index (χ2n) is 3.82. The summed E-state index contributed by atoms with van der Waals surface area (Å²) in [5, 5.41) is 4.51. The van der Waals surface area contributed by atoms with Gasteiger partial charge >= 0.3 is 0 Å². The Morgan fingerprint density at radius 3 is 2.62 bits per heavy atom. The van der Waals surface area contributed by atoms with Crippen LogP contribution in [-0.2, 0) is 0 Å². The molecule has 0 unspecified atom stereocenters. The molecule has 0 saturated carbocycles. The molecule has 2 aromatic rings. The Hall–Kier alpha value is -1.49. The van der Waals surface area contributed by atoms with Gasteiger partial charge in [0.25, 0.3) is 0 Å². The monoisotopic (exact) mass is 237 g/mol. The molecule has 84 valence electrons. The van der Waals surface area contributed by atoms with Gasteiger partial charge in [0.15, 0.2) is 5.82 Å². The first-order valence-electron chi connectivity index (χ1n) is 4.98. The fourth-order valence-corrected chi connectivity index (χ4v) is 1.46. The molecular formula is C10H12ClN5. The van der Waals surface area contributed by atoms with E-state index in [2.05, 4.69) is 20.1 Å². The summed E-state index contributed by atoms with van der Waals surface area (Å²) in [5.74, 6) is 1.61. The lowest BCUT2D eigenvalue weighted by atomic mass is 10.2. The molecule has 0 aliphatic carbocycles. The van der Waals surface area contributed by atoms with Crippen LogP contribution in [0.2, 0.25) is 5.15 Å². The molecule has 2 heterocycles. The Kier molecular flexibility index (Phi) is 2.87. The summed E-state index contributed by atoms with van der Waals surface area (Å²) in [6.07, 6.45) is 3.06. The van der Waals surface area contributed by atoms with E-state index in [-0.39, 0.29) is 5.92 Å². The largest absolute Gasteiger partial charge is 0.223 e. The van der Waals surface area contributed by atoms with E-state index < -0.39 is 0 Å². The Bertz CT molecular complexity index is 492. The first-order chi connectivity index (χ1) is 7.59. The standard InChI is InChI=1S/C10H12ClN5/c1-6(2)9-14-8(11)7(3)10(15-9)16-5-12-4-13-16/h4-6H,1-3H3. The molecule has 0 saturated heterocycles. The molecule has 0 aliphatic heterocycles. The highest BCUT2D eigenvalue weighted by molar-refractivity contribution is 6.30. The third-order valence-corrected chi connectivity index (χ3v) is 2.60. The van der Waals surface area contributed by atoms with Gasteiger partial charge in [0.1, 0.15) is 23.6 Å². The van der Waals surface area contributed by atoms with E-state index >= 15 is 0 Å². The lowest BCUT2D eigenvalue weighted by Gasteiger charge is -2.10. The van der Waals surface area contributed by atoms with Crippen molar-refractivity contribution in [1.82, 2.24) is 24.7 Å². The summed E-state index contributed by atoms with van der Waals surface area (Å²) >= 11 is 6.07. The van der Waals surface area contributed by atoms with Gasteiger partial charge in [-0.15, -0.1) is 0 Å². The predicted molar refractivity (Wildman–Crippen MR) is 60.8 cm³/mol. The molecule has 0 spiro atoms. The summed E-state index contributed by atoms with van der Waals surface area (Å²) in [7, 11) is 0. The zero-order valence-corrected chi connectivity index (χ0v) is 10.1. The lowest BCUT2D eigenvalue weighted by molar-refractivity contribution is 0.739. The molecule has 0 fully saturated rings. The van der Waals surface area contributed by atoms with E-state index in [1.807, 2.05) is 20.8 Å². The molecule has 0 aliphatic rings. The van der Waals surface area contributed by atoms with Gasteiger partial charge < -0.3 is 0 Å². The lowest BCUT2D eigenvalue weighted by Crippen LogP contribution is -2.08. The van der Waals surface area contributed by atoms with Gasteiger partial charge in [0.2, 0.25) is 0 Å². The zero-order valence-electron chi connectivity index (χ0n) is 9.35. The van der Waals surface area contributed by atoms with Gasteiger partial charge in [-0.2, -0.15) is 5.10 Å². The van der Waals surface area contributed by atoms with Crippen molar-refractivity contribution in [2.45, 2.75) is 26.7 Å². The predicted octanol–water partition coefficient (Wildman–Crippen LogP) is 2.14. The third kappa shape index (κ3) is 1.90. The summed E-state index contributed by atoms with van der Waals surface area (Å²) in [5.41, 5.74) is 0.802. The van der Waals surface area contributed by atoms with Crippen molar-refractivity contribution >= 4 is 11.6 Å². The minimum atomic E-state index is 0.223. The average Bonchev–Trinajstić information content (AvgIpc) is 2.74. The van der Waals surface area contributed by atoms with E-state index in [1.54, 1.807) is 11.0 Å². The molecule has 16 heavy (non-hydrogen) atoms. The quantitative estimate of drug-likeness (QED) is 0.751. The maximum Gasteiger partial charge on any atom is 0.163 e. The van der Waals surface area contributed by atoms with Gasteiger partial charge in [0, 0.05) is 11.5 Å². The van der Waals surface area contributed by atoms with Gasteiger partial charge in [-0.25, -0.2) is 19.6 Å². The fraction of sp³-hybridized carbons (Fsp3) is 0.400. The van der Waals surface area contributed by atoms with Crippen LogP contribution in [0.25, 0.3) is 5.82 Å². The smallest absolute Gasteiger partial charge is 0.163 e. The van der Waals surface area contributed by atoms with Gasteiger partial charge in [-0.3, -0.25) is 0 Å². The molecule has 0 aromatic carbocycles. The molecule has 5 nitrogen and oxygen atoms in total.